The van der Waals surface area contributed by atoms with Crippen molar-refractivity contribution in [2.45, 2.75) is 135 Å². The third kappa shape index (κ3) is 29.3. The van der Waals surface area contributed by atoms with Crippen LogP contribution in [-0.2, 0) is 0 Å². The molecule has 5 nitrogen and oxygen atoms in total. The van der Waals surface area contributed by atoms with Gasteiger partial charge in [0.05, 0.1) is 26.7 Å². The van der Waals surface area contributed by atoms with Crippen LogP contribution in [0.25, 0.3) is 10.4 Å². The molecule has 0 aromatic rings. The van der Waals surface area contributed by atoms with E-state index in [0.717, 1.165) is 25.6 Å². The van der Waals surface area contributed by atoms with Crippen molar-refractivity contribution in [1.82, 2.24) is 4.90 Å². The second kappa shape index (κ2) is 19.0. The van der Waals surface area contributed by atoms with Crippen molar-refractivity contribution in [3.05, 3.63) is 10.4 Å². The Hall–Kier alpha value is -1.21. The van der Waals surface area contributed by atoms with Crippen molar-refractivity contribution in [2.75, 3.05) is 26.7 Å². The molecular weight excluding hydrogens is 527 g/mol. The molecule has 0 atom stereocenters. The summed E-state index contributed by atoms with van der Waals surface area (Å²) in [6, 6.07) is 0. The van der Waals surface area contributed by atoms with Gasteiger partial charge in [0.25, 0.3) is 5.96 Å². The molecular formula is C26H52F6N5P. The number of hydrogen-bond acceptors (Lipinski definition) is 2. The number of unbranched alkanes of at least 4 members (excludes halogenated alkanes) is 19. The minimum atomic E-state index is -10.7. The molecule has 12 heteroatoms. The first kappa shape index (κ1) is 36.8. The third-order valence-electron chi connectivity index (χ3n) is 6.75. The molecule has 228 valence electrons. The number of azide groups is 1. The average Bonchev–Trinajstić information content (AvgIpc) is 3.15. The average molecular weight is 580 g/mol. The standard InChI is InChI=1S/C26H52N5.F6P/c1-3-4-5-6-7-8-9-10-11-12-13-14-15-16-17-18-19-20-21-22-23-31-25-24-30(2)26(31)28-29-27;1-7(2,3,4,5)6/h3-25H2,1-2H3;/q+1;-1. The molecule has 0 saturated carbocycles. The zero-order chi connectivity index (χ0) is 28.8. The molecule has 0 N–H and O–H groups in total. The predicted molar refractivity (Wildman–Crippen MR) is 148 cm³/mol. The van der Waals surface area contributed by atoms with E-state index >= 15 is 0 Å². The van der Waals surface area contributed by atoms with E-state index in [-0.39, 0.29) is 0 Å². The molecule has 0 saturated heterocycles. The Morgan fingerprint density at radius 3 is 1.32 bits per heavy atom. The Morgan fingerprint density at radius 2 is 1.00 bits per heavy atom. The molecule has 1 aliphatic rings. The van der Waals surface area contributed by atoms with E-state index in [4.69, 9.17) is 5.53 Å². The number of hydrogen-bond donors (Lipinski definition) is 0. The Bertz CT molecular complexity index is 682. The fourth-order valence-corrected chi connectivity index (χ4v) is 4.66. The summed E-state index contributed by atoms with van der Waals surface area (Å²) in [6.07, 6.45) is 28.3. The molecule has 0 aromatic carbocycles. The maximum atomic E-state index is 9.87. The maximum absolute atomic E-state index is 10.7. The van der Waals surface area contributed by atoms with Crippen molar-refractivity contribution in [1.29, 1.82) is 0 Å². The van der Waals surface area contributed by atoms with E-state index < -0.39 is 7.81 Å². The minimum absolute atomic E-state index is 0.806. The van der Waals surface area contributed by atoms with E-state index in [9.17, 15) is 25.2 Å². The first-order valence-corrected chi connectivity index (χ1v) is 16.7. The number of guanidine groups is 1. The predicted octanol–water partition coefficient (Wildman–Crippen LogP) is 11.8. The van der Waals surface area contributed by atoms with Crippen LogP contribution in [0.5, 0.6) is 0 Å². The normalized spacial score (nSPS) is 15.5. The molecule has 0 radical (unpaired) electrons. The second-order valence-corrected chi connectivity index (χ2v) is 12.5. The van der Waals surface area contributed by atoms with Crippen LogP contribution < -0.4 is 0 Å². The van der Waals surface area contributed by atoms with Gasteiger partial charge < -0.3 is 0 Å². The summed E-state index contributed by atoms with van der Waals surface area (Å²) in [5, 5.41) is 3.84. The SMILES string of the molecule is CCCCCCCCCCCCCCCCCCCCCCN1CC[N+](C)=C1N=[N+]=[N-].F[P-](F)(F)(F)(F)F. The summed E-state index contributed by atoms with van der Waals surface area (Å²) < 4.78 is 61.2. The summed E-state index contributed by atoms with van der Waals surface area (Å²) >= 11 is 0. The summed E-state index contributed by atoms with van der Waals surface area (Å²) in [5.41, 5.74) is 8.69. The van der Waals surface area contributed by atoms with Gasteiger partial charge in [-0.15, -0.1) is 0 Å². The summed E-state index contributed by atoms with van der Waals surface area (Å²) in [4.78, 5) is 5.19. The van der Waals surface area contributed by atoms with Crippen molar-refractivity contribution in [2.24, 2.45) is 5.11 Å². The first-order valence-electron chi connectivity index (χ1n) is 14.7. The molecule has 0 fully saturated rings. The van der Waals surface area contributed by atoms with Gasteiger partial charge in [-0.25, -0.2) is 0 Å². The van der Waals surface area contributed by atoms with E-state index in [1.54, 1.807) is 0 Å². The first-order chi connectivity index (χ1) is 17.7. The van der Waals surface area contributed by atoms with Gasteiger partial charge in [0, 0.05) is 10.0 Å². The van der Waals surface area contributed by atoms with Crippen LogP contribution in [0.2, 0.25) is 0 Å². The molecule has 0 amide bonds. The summed E-state index contributed by atoms with van der Waals surface area (Å²) in [6.45, 7) is 5.28. The van der Waals surface area contributed by atoms with Gasteiger partial charge >= 0.3 is 33.0 Å². The fourth-order valence-electron chi connectivity index (χ4n) is 4.66. The third-order valence-corrected chi connectivity index (χ3v) is 6.75. The molecule has 0 aromatic heterocycles. The zero-order valence-corrected chi connectivity index (χ0v) is 24.6. The number of rotatable bonds is 21. The van der Waals surface area contributed by atoms with Gasteiger partial charge in [0.2, 0.25) is 0 Å². The van der Waals surface area contributed by atoms with Crippen LogP contribution in [0.4, 0.5) is 25.2 Å². The molecule has 0 bridgehead atoms. The van der Waals surface area contributed by atoms with Crippen LogP contribution in [0.1, 0.15) is 135 Å². The Kier molecular flexibility index (Phi) is 18.4. The molecule has 0 aliphatic carbocycles. The topological polar surface area (TPSA) is 55.0 Å². The van der Waals surface area contributed by atoms with Gasteiger partial charge in [-0.1, -0.05) is 129 Å². The van der Waals surface area contributed by atoms with Gasteiger partial charge in [-0.2, -0.15) is 0 Å². The van der Waals surface area contributed by atoms with E-state index in [1.165, 1.54) is 128 Å². The van der Waals surface area contributed by atoms with Gasteiger partial charge in [0.15, 0.2) is 0 Å². The van der Waals surface area contributed by atoms with Crippen LogP contribution in [-0.4, -0.2) is 42.1 Å². The van der Waals surface area contributed by atoms with Gasteiger partial charge in [-0.05, 0) is 12.0 Å². The van der Waals surface area contributed by atoms with Crippen molar-refractivity contribution >= 4 is 13.8 Å². The number of nitrogens with zero attached hydrogens (tertiary/aromatic N) is 5. The Morgan fingerprint density at radius 1 is 0.684 bits per heavy atom. The van der Waals surface area contributed by atoms with Gasteiger partial charge in [-0.3, -0.25) is 9.48 Å². The van der Waals surface area contributed by atoms with Crippen LogP contribution >= 0.6 is 7.81 Å². The molecule has 1 rings (SSSR count). The van der Waals surface area contributed by atoms with E-state index in [2.05, 4.69) is 26.4 Å². The van der Waals surface area contributed by atoms with Crippen LogP contribution in [0, 0.1) is 0 Å². The molecule has 38 heavy (non-hydrogen) atoms. The molecule has 0 unspecified atom stereocenters. The van der Waals surface area contributed by atoms with E-state index in [0.29, 0.717) is 0 Å². The molecule has 0 spiro atoms. The van der Waals surface area contributed by atoms with Crippen LogP contribution in [0.15, 0.2) is 5.11 Å². The zero-order valence-electron chi connectivity index (χ0n) is 23.7. The summed E-state index contributed by atoms with van der Waals surface area (Å²) in [7, 11) is -8.66. The van der Waals surface area contributed by atoms with Crippen LogP contribution in [0.3, 0.4) is 0 Å². The Labute approximate surface area is 226 Å². The van der Waals surface area contributed by atoms with Gasteiger partial charge in [0.1, 0.15) is 0 Å². The van der Waals surface area contributed by atoms with Crippen molar-refractivity contribution < 1.29 is 29.8 Å². The van der Waals surface area contributed by atoms with Crippen molar-refractivity contribution in [3.8, 4) is 0 Å². The summed E-state index contributed by atoms with van der Waals surface area (Å²) in [5.74, 6) is 0.806. The molecule has 1 aliphatic heterocycles. The quantitative estimate of drug-likeness (QED) is 0.0254. The number of likely N-dealkylation sites (N-methyl/N-ethyl adjacent to an activating group) is 1. The fraction of sp³-hybridized carbons (Fsp3) is 0.962. The van der Waals surface area contributed by atoms with Crippen molar-refractivity contribution in [3.63, 3.8) is 0 Å². The van der Waals surface area contributed by atoms with E-state index in [1.807, 2.05) is 7.05 Å². The number of halogens is 6. The molecule has 1 heterocycles. The monoisotopic (exact) mass is 579 g/mol. The second-order valence-electron chi connectivity index (χ2n) is 10.6. The Balaban J connectivity index is 0.00000171.